The average molecular weight is 446 g/mol. The molecule has 0 spiro atoms. The molecule has 9 heteroatoms. The van der Waals surface area contributed by atoms with E-state index in [1.54, 1.807) is 11.3 Å². The largest absolute Gasteiger partial charge is 0.338 e. The molecule has 160 valence electrons. The van der Waals surface area contributed by atoms with Crippen molar-refractivity contribution in [3.8, 4) is 10.4 Å². The van der Waals surface area contributed by atoms with Gasteiger partial charge in [-0.25, -0.2) is 9.78 Å². The maximum atomic E-state index is 12.7. The van der Waals surface area contributed by atoms with E-state index in [2.05, 4.69) is 22.1 Å². The zero-order valence-corrected chi connectivity index (χ0v) is 18.8. The molecule has 1 aliphatic rings. The van der Waals surface area contributed by atoms with E-state index < -0.39 is 0 Å². The van der Waals surface area contributed by atoms with Crippen molar-refractivity contribution in [3.63, 3.8) is 0 Å². The monoisotopic (exact) mass is 445 g/mol. The molecule has 0 atom stereocenters. The van der Waals surface area contributed by atoms with Crippen molar-refractivity contribution in [3.05, 3.63) is 39.1 Å². The van der Waals surface area contributed by atoms with Crippen molar-refractivity contribution in [2.24, 2.45) is 0 Å². The summed E-state index contributed by atoms with van der Waals surface area (Å²) in [5, 5.41) is 7.71. The minimum atomic E-state index is -0.0789. The van der Waals surface area contributed by atoms with Gasteiger partial charge in [-0.05, 0) is 17.9 Å². The van der Waals surface area contributed by atoms with Crippen LogP contribution in [0.15, 0.2) is 27.7 Å². The number of thiophene rings is 2. The summed E-state index contributed by atoms with van der Waals surface area (Å²) in [7, 11) is 0. The van der Waals surface area contributed by atoms with Crippen molar-refractivity contribution in [2.45, 2.75) is 32.7 Å². The number of piperazine rings is 1. The molecule has 1 aliphatic heterocycles. The number of urea groups is 1. The van der Waals surface area contributed by atoms with Crippen LogP contribution in [-0.4, -0.2) is 58.5 Å². The Bertz CT molecular complexity index is 1040. The molecule has 0 unspecified atom stereocenters. The number of H-pyrrole nitrogens is 1. The fourth-order valence-electron chi connectivity index (χ4n) is 3.68. The molecule has 2 N–H and O–H groups in total. The van der Waals surface area contributed by atoms with Crippen molar-refractivity contribution in [1.29, 1.82) is 0 Å². The SMILES string of the molecule is CCCCCNC(=O)N1CCN(Cc2nc3scc(-c4cccs4)c3c(=O)[nH]2)CC1. The summed E-state index contributed by atoms with van der Waals surface area (Å²) in [5.74, 6) is 0.685. The molecule has 7 nitrogen and oxygen atoms in total. The molecule has 0 saturated carbocycles. The van der Waals surface area contributed by atoms with E-state index in [1.165, 1.54) is 11.3 Å². The van der Waals surface area contributed by atoms with Gasteiger partial charge in [0.25, 0.3) is 5.56 Å². The number of unbranched alkanes of at least 4 members (excludes halogenated alkanes) is 2. The molecular formula is C21H27N5O2S2. The fraction of sp³-hybridized carbons (Fsp3) is 0.476. The van der Waals surface area contributed by atoms with Gasteiger partial charge in [0.05, 0.1) is 11.9 Å². The smallest absolute Gasteiger partial charge is 0.317 e. The zero-order chi connectivity index (χ0) is 20.9. The molecule has 0 radical (unpaired) electrons. The first-order valence-electron chi connectivity index (χ1n) is 10.4. The predicted molar refractivity (Wildman–Crippen MR) is 123 cm³/mol. The van der Waals surface area contributed by atoms with E-state index in [0.29, 0.717) is 30.8 Å². The second-order valence-electron chi connectivity index (χ2n) is 7.52. The second kappa shape index (κ2) is 9.72. The van der Waals surface area contributed by atoms with E-state index >= 15 is 0 Å². The van der Waals surface area contributed by atoms with Gasteiger partial charge < -0.3 is 15.2 Å². The molecule has 0 aromatic carbocycles. The zero-order valence-electron chi connectivity index (χ0n) is 17.1. The van der Waals surface area contributed by atoms with Crippen molar-refractivity contribution in [1.82, 2.24) is 25.1 Å². The number of hydrogen-bond donors (Lipinski definition) is 2. The van der Waals surface area contributed by atoms with Crippen LogP contribution in [0.3, 0.4) is 0 Å². The van der Waals surface area contributed by atoms with Crippen molar-refractivity contribution < 1.29 is 4.79 Å². The van der Waals surface area contributed by atoms with Crippen LogP contribution >= 0.6 is 22.7 Å². The second-order valence-corrected chi connectivity index (χ2v) is 9.33. The van der Waals surface area contributed by atoms with Crippen LogP contribution in [0.2, 0.25) is 0 Å². The Morgan fingerprint density at radius 2 is 2.07 bits per heavy atom. The number of carbonyl (C=O) groups excluding carboxylic acids is 1. The lowest BCUT2D eigenvalue weighted by Crippen LogP contribution is -2.51. The maximum absolute atomic E-state index is 12.7. The minimum absolute atomic E-state index is 0.0263. The van der Waals surface area contributed by atoms with Crippen LogP contribution in [0.4, 0.5) is 4.79 Å². The Hall–Kier alpha value is -2.23. The van der Waals surface area contributed by atoms with E-state index in [1.807, 2.05) is 27.8 Å². The molecule has 0 bridgehead atoms. The first-order chi connectivity index (χ1) is 14.7. The number of amides is 2. The maximum Gasteiger partial charge on any atom is 0.317 e. The van der Waals surface area contributed by atoms with Crippen LogP contribution in [0.1, 0.15) is 32.0 Å². The van der Waals surface area contributed by atoms with Gasteiger partial charge in [0.15, 0.2) is 0 Å². The summed E-state index contributed by atoms with van der Waals surface area (Å²) in [5.41, 5.74) is 0.883. The summed E-state index contributed by atoms with van der Waals surface area (Å²) < 4.78 is 0. The average Bonchev–Trinajstić information content (AvgIpc) is 3.41. The molecule has 3 aromatic rings. The lowest BCUT2D eigenvalue weighted by molar-refractivity contribution is 0.133. The van der Waals surface area contributed by atoms with Crippen LogP contribution in [0, 0.1) is 0 Å². The van der Waals surface area contributed by atoms with Gasteiger partial charge in [-0.2, -0.15) is 0 Å². The topological polar surface area (TPSA) is 81.3 Å². The Balaban J connectivity index is 1.35. The van der Waals surface area contributed by atoms with Crippen LogP contribution in [0.25, 0.3) is 20.7 Å². The summed E-state index contributed by atoms with van der Waals surface area (Å²) >= 11 is 3.14. The van der Waals surface area contributed by atoms with Gasteiger partial charge in [0, 0.05) is 48.5 Å². The van der Waals surface area contributed by atoms with Gasteiger partial charge in [0.1, 0.15) is 10.7 Å². The number of nitrogens with zero attached hydrogens (tertiary/aromatic N) is 3. The van der Waals surface area contributed by atoms with Crippen molar-refractivity contribution >= 4 is 38.9 Å². The first-order valence-corrected chi connectivity index (χ1v) is 12.2. The number of fused-ring (bicyclic) bond motifs is 1. The van der Waals surface area contributed by atoms with Crippen LogP contribution in [0.5, 0.6) is 0 Å². The van der Waals surface area contributed by atoms with Crippen molar-refractivity contribution in [2.75, 3.05) is 32.7 Å². The Kier molecular flexibility index (Phi) is 6.81. The lowest BCUT2D eigenvalue weighted by atomic mass is 10.2. The third-order valence-corrected chi connectivity index (χ3v) is 7.14. The number of carbonyl (C=O) groups is 1. The highest BCUT2D eigenvalue weighted by Gasteiger charge is 2.22. The highest BCUT2D eigenvalue weighted by molar-refractivity contribution is 7.18. The summed E-state index contributed by atoms with van der Waals surface area (Å²) in [4.78, 5) is 38.6. The molecule has 3 aromatic heterocycles. The fourth-order valence-corrected chi connectivity index (χ4v) is 5.47. The summed E-state index contributed by atoms with van der Waals surface area (Å²) in [6.45, 7) is 6.41. The third kappa shape index (κ3) is 4.74. The number of aromatic amines is 1. The van der Waals surface area contributed by atoms with Gasteiger partial charge in [-0.1, -0.05) is 25.8 Å². The minimum Gasteiger partial charge on any atom is -0.338 e. The highest BCUT2D eigenvalue weighted by Crippen LogP contribution is 2.33. The molecule has 1 saturated heterocycles. The molecule has 4 rings (SSSR count). The number of rotatable bonds is 7. The van der Waals surface area contributed by atoms with Gasteiger partial charge in [-0.3, -0.25) is 9.69 Å². The molecule has 1 fully saturated rings. The number of nitrogens with one attached hydrogen (secondary N) is 2. The standard InChI is InChI=1S/C21H27N5O2S2/c1-2-3-4-7-22-21(28)26-10-8-25(9-11-26)13-17-23-19(27)18-15(14-30-20(18)24-17)16-6-5-12-29-16/h5-6,12,14H,2-4,7-11,13H2,1H3,(H,22,28)(H,23,24,27). The van der Waals surface area contributed by atoms with Gasteiger partial charge in [0.2, 0.25) is 0 Å². The number of aromatic nitrogens is 2. The molecule has 4 heterocycles. The Labute approximate surface area is 183 Å². The van der Waals surface area contributed by atoms with E-state index in [9.17, 15) is 9.59 Å². The van der Waals surface area contributed by atoms with E-state index in [0.717, 1.165) is 54.2 Å². The molecule has 0 aliphatic carbocycles. The van der Waals surface area contributed by atoms with E-state index in [-0.39, 0.29) is 11.6 Å². The summed E-state index contributed by atoms with van der Waals surface area (Å²) in [6, 6.07) is 4.04. The van der Waals surface area contributed by atoms with Crippen LogP contribution in [-0.2, 0) is 6.54 Å². The van der Waals surface area contributed by atoms with Gasteiger partial charge in [-0.15, -0.1) is 22.7 Å². The number of hydrogen-bond acceptors (Lipinski definition) is 6. The summed E-state index contributed by atoms with van der Waals surface area (Å²) in [6.07, 6.45) is 3.32. The molecule has 30 heavy (non-hydrogen) atoms. The molecular weight excluding hydrogens is 418 g/mol. The Morgan fingerprint density at radius 3 is 2.80 bits per heavy atom. The quantitative estimate of drug-likeness (QED) is 0.543. The third-order valence-electron chi connectivity index (χ3n) is 5.37. The Morgan fingerprint density at radius 1 is 1.23 bits per heavy atom. The van der Waals surface area contributed by atoms with Crippen LogP contribution < -0.4 is 10.9 Å². The highest BCUT2D eigenvalue weighted by atomic mass is 32.1. The van der Waals surface area contributed by atoms with Gasteiger partial charge >= 0.3 is 6.03 Å². The lowest BCUT2D eigenvalue weighted by Gasteiger charge is -2.34. The molecule has 2 amide bonds. The van der Waals surface area contributed by atoms with E-state index in [4.69, 9.17) is 4.98 Å². The normalized spacial score (nSPS) is 15.0. The first kappa shape index (κ1) is 21.0. The predicted octanol–water partition coefficient (Wildman–Crippen LogP) is 3.73.